The van der Waals surface area contributed by atoms with Gasteiger partial charge in [-0.05, 0) is 61.0 Å². The van der Waals surface area contributed by atoms with Gasteiger partial charge in [0.1, 0.15) is 6.33 Å². The molecule has 0 radical (unpaired) electrons. The van der Waals surface area contributed by atoms with E-state index in [1.807, 2.05) is 25.1 Å². The zero-order chi connectivity index (χ0) is 22.5. The molecule has 0 saturated heterocycles. The number of rotatable bonds is 7. The van der Waals surface area contributed by atoms with Gasteiger partial charge in [-0.15, -0.1) is 10.2 Å². The molecule has 162 valence electrons. The van der Waals surface area contributed by atoms with Gasteiger partial charge in [-0.1, -0.05) is 29.4 Å². The first-order valence-electron chi connectivity index (χ1n) is 9.54. The van der Waals surface area contributed by atoms with Crippen LogP contribution in [0.3, 0.4) is 0 Å². The Morgan fingerprint density at radius 2 is 1.84 bits per heavy atom. The van der Waals surface area contributed by atoms with Gasteiger partial charge in [0, 0.05) is 16.4 Å². The summed E-state index contributed by atoms with van der Waals surface area (Å²) in [4.78, 5) is 24.4. The van der Waals surface area contributed by atoms with Crippen molar-refractivity contribution in [3.05, 3.63) is 83.5 Å². The second-order valence-electron chi connectivity index (χ2n) is 6.76. The van der Waals surface area contributed by atoms with E-state index < -0.39 is 0 Å². The second-order valence-corrected chi connectivity index (χ2v) is 8.11. The van der Waals surface area contributed by atoms with Gasteiger partial charge < -0.3 is 15.1 Å². The Hall–Kier alpha value is -3.56. The molecule has 2 amide bonds. The molecule has 4 aromatic rings. The normalized spacial score (nSPS) is 10.7. The monoisotopic (exact) mass is 467 g/mol. The highest BCUT2D eigenvalue weighted by molar-refractivity contribution is 7.99. The Bertz CT molecular complexity index is 1240. The number of aromatic nitrogens is 3. The standard InChI is InChI=1S/C22H18ClN5O3S/c1-14-4-9-17(11-18(14)23)28-13-24-27-22(28)32-12-20(29)25-15-5-7-16(8-6-15)26-21(30)19-3-2-10-31-19/h2-11,13H,12H2,1H3,(H,25,29)(H,26,30). The van der Waals surface area contributed by atoms with E-state index in [1.54, 1.807) is 47.3 Å². The van der Waals surface area contributed by atoms with Crippen molar-refractivity contribution in [2.45, 2.75) is 12.1 Å². The minimum atomic E-state index is -0.345. The lowest BCUT2D eigenvalue weighted by Gasteiger charge is -2.09. The van der Waals surface area contributed by atoms with Crippen molar-refractivity contribution in [3.8, 4) is 5.69 Å². The Balaban J connectivity index is 1.32. The van der Waals surface area contributed by atoms with Crippen LogP contribution in [0.15, 0.2) is 76.8 Å². The smallest absolute Gasteiger partial charge is 0.291 e. The SMILES string of the molecule is Cc1ccc(-n2cnnc2SCC(=O)Nc2ccc(NC(=O)c3ccco3)cc2)cc1Cl. The Labute approximate surface area is 193 Å². The molecule has 4 rings (SSSR count). The van der Waals surface area contributed by atoms with Crippen molar-refractivity contribution in [1.29, 1.82) is 0 Å². The maximum Gasteiger partial charge on any atom is 0.291 e. The first-order chi connectivity index (χ1) is 15.5. The van der Waals surface area contributed by atoms with Crippen molar-refractivity contribution in [2.24, 2.45) is 0 Å². The van der Waals surface area contributed by atoms with Gasteiger partial charge in [-0.3, -0.25) is 14.2 Å². The fraction of sp³-hybridized carbons (Fsp3) is 0.0909. The van der Waals surface area contributed by atoms with Crippen molar-refractivity contribution in [3.63, 3.8) is 0 Å². The molecule has 0 atom stereocenters. The lowest BCUT2D eigenvalue weighted by Crippen LogP contribution is -2.15. The van der Waals surface area contributed by atoms with Crippen LogP contribution in [0.4, 0.5) is 11.4 Å². The van der Waals surface area contributed by atoms with E-state index in [9.17, 15) is 9.59 Å². The number of carbonyl (C=O) groups excluding carboxylic acids is 2. The van der Waals surface area contributed by atoms with Gasteiger partial charge in [-0.25, -0.2) is 0 Å². The van der Waals surface area contributed by atoms with Gasteiger partial charge in [0.25, 0.3) is 5.91 Å². The van der Waals surface area contributed by atoms with Gasteiger partial charge in [0.2, 0.25) is 5.91 Å². The summed E-state index contributed by atoms with van der Waals surface area (Å²) in [6.07, 6.45) is 3.01. The fourth-order valence-electron chi connectivity index (χ4n) is 2.80. The summed E-state index contributed by atoms with van der Waals surface area (Å²) >= 11 is 7.48. The highest BCUT2D eigenvalue weighted by atomic mass is 35.5. The number of nitrogens with zero attached hydrogens (tertiary/aromatic N) is 3. The summed E-state index contributed by atoms with van der Waals surface area (Å²) < 4.78 is 6.84. The van der Waals surface area contributed by atoms with Gasteiger partial charge in [0.15, 0.2) is 10.9 Å². The third-order valence-corrected chi connectivity index (χ3v) is 5.80. The van der Waals surface area contributed by atoms with Crippen LogP contribution < -0.4 is 10.6 Å². The van der Waals surface area contributed by atoms with E-state index in [1.165, 1.54) is 18.0 Å². The number of hydrogen-bond acceptors (Lipinski definition) is 6. The minimum absolute atomic E-state index is 0.148. The number of nitrogens with one attached hydrogen (secondary N) is 2. The summed E-state index contributed by atoms with van der Waals surface area (Å²) in [5.74, 6) is -0.170. The highest BCUT2D eigenvalue weighted by Crippen LogP contribution is 2.24. The number of halogens is 1. The van der Waals surface area contributed by atoms with Crippen LogP contribution in [-0.4, -0.2) is 32.3 Å². The minimum Gasteiger partial charge on any atom is -0.459 e. The van der Waals surface area contributed by atoms with Gasteiger partial charge in [0.05, 0.1) is 17.7 Å². The molecule has 8 nitrogen and oxygen atoms in total. The molecule has 10 heteroatoms. The molecule has 0 spiro atoms. The molecule has 0 aliphatic rings. The summed E-state index contributed by atoms with van der Waals surface area (Å²) in [7, 11) is 0. The summed E-state index contributed by atoms with van der Waals surface area (Å²) in [5.41, 5.74) is 2.99. The molecular weight excluding hydrogens is 450 g/mol. The van der Waals surface area contributed by atoms with Crippen molar-refractivity contribution in [1.82, 2.24) is 14.8 Å². The Morgan fingerprint density at radius 1 is 1.09 bits per heavy atom. The second kappa shape index (κ2) is 9.71. The quantitative estimate of drug-likeness (QED) is 0.378. The molecule has 2 heterocycles. The van der Waals surface area contributed by atoms with Gasteiger partial charge in [-0.2, -0.15) is 0 Å². The molecule has 32 heavy (non-hydrogen) atoms. The number of benzene rings is 2. The summed E-state index contributed by atoms with van der Waals surface area (Å²) in [5, 5.41) is 14.8. The number of furan rings is 1. The zero-order valence-corrected chi connectivity index (χ0v) is 18.5. The van der Waals surface area contributed by atoms with E-state index in [0.29, 0.717) is 21.6 Å². The fourth-order valence-corrected chi connectivity index (χ4v) is 3.70. The maximum absolute atomic E-state index is 12.4. The van der Waals surface area contributed by atoms with Crippen LogP contribution in [0.5, 0.6) is 0 Å². The zero-order valence-electron chi connectivity index (χ0n) is 16.9. The molecule has 0 aliphatic heterocycles. The predicted molar refractivity (Wildman–Crippen MR) is 124 cm³/mol. The van der Waals surface area contributed by atoms with E-state index in [0.717, 1.165) is 11.3 Å². The van der Waals surface area contributed by atoms with Crippen LogP contribution in [-0.2, 0) is 4.79 Å². The molecule has 2 aromatic heterocycles. The number of carbonyl (C=O) groups is 2. The highest BCUT2D eigenvalue weighted by Gasteiger charge is 2.12. The summed E-state index contributed by atoms with van der Waals surface area (Å²) in [6.45, 7) is 1.93. The summed E-state index contributed by atoms with van der Waals surface area (Å²) in [6, 6.07) is 15.7. The molecule has 0 bridgehead atoms. The average molecular weight is 468 g/mol. The van der Waals surface area contributed by atoms with Crippen LogP contribution in [0.25, 0.3) is 5.69 Å². The van der Waals surface area contributed by atoms with E-state index in [-0.39, 0.29) is 23.3 Å². The Morgan fingerprint density at radius 3 is 2.53 bits per heavy atom. The van der Waals surface area contributed by atoms with E-state index in [2.05, 4.69) is 20.8 Å². The largest absolute Gasteiger partial charge is 0.459 e. The first-order valence-corrected chi connectivity index (χ1v) is 10.9. The average Bonchev–Trinajstić information content (AvgIpc) is 3.48. The van der Waals surface area contributed by atoms with Crippen LogP contribution >= 0.6 is 23.4 Å². The van der Waals surface area contributed by atoms with Gasteiger partial charge >= 0.3 is 0 Å². The molecule has 0 unspecified atom stereocenters. The van der Waals surface area contributed by atoms with Crippen LogP contribution in [0.2, 0.25) is 5.02 Å². The maximum atomic E-state index is 12.4. The van der Waals surface area contributed by atoms with Crippen molar-refractivity contribution < 1.29 is 14.0 Å². The molecule has 2 aromatic carbocycles. The van der Waals surface area contributed by atoms with Crippen molar-refractivity contribution >= 4 is 46.6 Å². The third-order valence-electron chi connectivity index (χ3n) is 4.45. The topological polar surface area (TPSA) is 102 Å². The van der Waals surface area contributed by atoms with E-state index in [4.69, 9.17) is 16.0 Å². The van der Waals surface area contributed by atoms with Crippen LogP contribution in [0, 0.1) is 6.92 Å². The van der Waals surface area contributed by atoms with E-state index >= 15 is 0 Å². The molecule has 0 aliphatic carbocycles. The molecule has 2 N–H and O–H groups in total. The number of thioether (sulfide) groups is 1. The lowest BCUT2D eigenvalue weighted by atomic mass is 10.2. The molecule has 0 saturated carbocycles. The molecule has 0 fully saturated rings. The lowest BCUT2D eigenvalue weighted by molar-refractivity contribution is -0.113. The first kappa shape index (κ1) is 21.7. The molecular formula is C22H18ClN5O3S. The number of aryl methyl sites for hydroxylation is 1. The third kappa shape index (κ3) is 5.19. The Kier molecular flexibility index (Phi) is 6.58. The predicted octanol–water partition coefficient (Wildman–Crippen LogP) is 4.81. The number of anilines is 2. The number of hydrogen-bond donors (Lipinski definition) is 2. The van der Waals surface area contributed by atoms with Crippen LogP contribution in [0.1, 0.15) is 16.1 Å². The van der Waals surface area contributed by atoms with Crippen molar-refractivity contribution in [2.75, 3.05) is 16.4 Å². The number of amides is 2.